The third-order valence-electron chi connectivity index (χ3n) is 4.09. The maximum Gasteiger partial charge on any atom is 0.230 e. The van der Waals surface area contributed by atoms with Gasteiger partial charge in [0.2, 0.25) is 5.91 Å². The molecule has 1 fully saturated rings. The Morgan fingerprint density at radius 1 is 1.13 bits per heavy atom. The fourth-order valence-electron chi connectivity index (χ4n) is 2.78. The predicted molar refractivity (Wildman–Crippen MR) is 103 cm³/mol. The number of rotatable bonds is 8. The lowest BCUT2D eigenvalue weighted by atomic mass is 10.2. The summed E-state index contributed by atoms with van der Waals surface area (Å²) < 4.78 is 1.09. The molecule has 1 aromatic rings. The highest BCUT2D eigenvalue weighted by Crippen LogP contribution is 2.15. The number of nitrogens with one attached hydrogen (secondary N) is 1. The van der Waals surface area contributed by atoms with Crippen LogP contribution in [0.15, 0.2) is 28.7 Å². The molecule has 0 radical (unpaired) electrons. The largest absolute Gasteiger partial charge is 0.355 e. The number of carbonyl (C=O) groups excluding carboxylic acids is 1. The van der Waals surface area contributed by atoms with Gasteiger partial charge in [-0.05, 0) is 56.6 Å². The van der Waals surface area contributed by atoms with Gasteiger partial charge in [-0.2, -0.15) is 0 Å². The summed E-state index contributed by atoms with van der Waals surface area (Å²) in [4.78, 5) is 14.4. The molecule has 1 saturated heterocycles. The topological polar surface area (TPSA) is 32.3 Å². The highest BCUT2D eigenvalue weighted by atomic mass is 79.9. The van der Waals surface area contributed by atoms with E-state index < -0.39 is 0 Å². The summed E-state index contributed by atoms with van der Waals surface area (Å²) in [7, 11) is 0. The molecule has 1 aromatic carbocycles. The van der Waals surface area contributed by atoms with Crippen LogP contribution in [0.3, 0.4) is 0 Å². The minimum absolute atomic E-state index is 0.156. The average molecular weight is 399 g/mol. The van der Waals surface area contributed by atoms with Crippen molar-refractivity contribution in [3.63, 3.8) is 0 Å². The number of halogens is 1. The Labute approximate surface area is 152 Å². The molecule has 0 saturated carbocycles. The van der Waals surface area contributed by atoms with Crippen molar-refractivity contribution < 1.29 is 4.79 Å². The van der Waals surface area contributed by atoms with Gasteiger partial charge >= 0.3 is 0 Å². The van der Waals surface area contributed by atoms with Crippen molar-refractivity contribution in [1.82, 2.24) is 10.2 Å². The van der Waals surface area contributed by atoms with E-state index in [1.807, 2.05) is 12.1 Å². The summed E-state index contributed by atoms with van der Waals surface area (Å²) >= 11 is 5.10. The first-order valence-electron chi connectivity index (χ1n) is 8.55. The summed E-state index contributed by atoms with van der Waals surface area (Å²) in [6.07, 6.45) is 6.48. The lowest BCUT2D eigenvalue weighted by Gasteiger charge is -2.19. The SMILES string of the molecule is O=C(CSCc1ccc(Br)cc1)NCCCN1CCCCCC1. The molecule has 0 aromatic heterocycles. The molecule has 1 N–H and O–H groups in total. The smallest absolute Gasteiger partial charge is 0.230 e. The monoisotopic (exact) mass is 398 g/mol. The van der Waals surface area contributed by atoms with Crippen LogP contribution < -0.4 is 5.32 Å². The third-order valence-corrected chi connectivity index (χ3v) is 5.62. The molecule has 1 aliphatic heterocycles. The van der Waals surface area contributed by atoms with Crippen molar-refractivity contribution in [2.75, 3.05) is 31.9 Å². The molecular weight excluding hydrogens is 372 g/mol. The van der Waals surface area contributed by atoms with Crippen molar-refractivity contribution in [3.8, 4) is 0 Å². The van der Waals surface area contributed by atoms with Crippen LogP contribution in [0, 0.1) is 0 Å². The van der Waals surface area contributed by atoms with E-state index in [0.717, 1.165) is 29.7 Å². The Bertz CT molecular complexity index is 459. The molecule has 0 aliphatic carbocycles. The lowest BCUT2D eigenvalue weighted by molar-refractivity contribution is -0.118. The van der Waals surface area contributed by atoms with Crippen molar-refractivity contribution in [2.45, 2.75) is 37.9 Å². The summed E-state index contributed by atoms with van der Waals surface area (Å²) in [6.45, 7) is 4.38. The first-order chi connectivity index (χ1) is 11.2. The number of nitrogens with zero attached hydrogens (tertiary/aromatic N) is 1. The van der Waals surface area contributed by atoms with Gasteiger partial charge in [0.05, 0.1) is 5.75 Å². The summed E-state index contributed by atoms with van der Waals surface area (Å²) in [6, 6.07) is 8.27. The van der Waals surface area contributed by atoms with Crippen LogP contribution in [0.2, 0.25) is 0 Å². The Kier molecular flexibility index (Phi) is 9.09. The minimum atomic E-state index is 0.156. The highest BCUT2D eigenvalue weighted by molar-refractivity contribution is 9.10. The van der Waals surface area contributed by atoms with E-state index in [2.05, 4.69) is 38.3 Å². The third kappa shape index (κ3) is 8.23. The Balaban J connectivity index is 1.50. The zero-order chi connectivity index (χ0) is 16.3. The number of carbonyl (C=O) groups is 1. The molecule has 1 heterocycles. The van der Waals surface area contributed by atoms with Crippen LogP contribution in [0.25, 0.3) is 0 Å². The maximum absolute atomic E-state index is 11.8. The summed E-state index contributed by atoms with van der Waals surface area (Å²) in [5, 5.41) is 3.04. The second kappa shape index (κ2) is 11.1. The normalized spacial score (nSPS) is 16.0. The van der Waals surface area contributed by atoms with E-state index in [0.29, 0.717) is 5.75 Å². The van der Waals surface area contributed by atoms with Gasteiger partial charge in [0, 0.05) is 16.8 Å². The molecule has 0 atom stereocenters. The molecule has 5 heteroatoms. The Morgan fingerprint density at radius 3 is 2.52 bits per heavy atom. The quantitative estimate of drug-likeness (QED) is 0.669. The van der Waals surface area contributed by atoms with Crippen molar-refractivity contribution in [2.24, 2.45) is 0 Å². The number of amides is 1. The molecule has 0 bridgehead atoms. The predicted octanol–water partition coefficient (Wildman–Crippen LogP) is 4.06. The number of hydrogen-bond acceptors (Lipinski definition) is 3. The van der Waals surface area contributed by atoms with E-state index in [-0.39, 0.29) is 5.91 Å². The Morgan fingerprint density at radius 2 is 1.83 bits per heavy atom. The van der Waals surface area contributed by atoms with Crippen LogP contribution in [0.4, 0.5) is 0 Å². The van der Waals surface area contributed by atoms with Gasteiger partial charge in [0.1, 0.15) is 0 Å². The van der Waals surface area contributed by atoms with Crippen molar-refractivity contribution >= 4 is 33.6 Å². The van der Waals surface area contributed by atoms with Crippen LogP contribution in [0.5, 0.6) is 0 Å². The molecule has 23 heavy (non-hydrogen) atoms. The van der Waals surface area contributed by atoms with Gasteiger partial charge in [-0.15, -0.1) is 11.8 Å². The first-order valence-corrected chi connectivity index (χ1v) is 10.5. The number of hydrogen-bond donors (Lipinski definition) is 1. The van der Waals surface area contributed by atoms with Crippen LogP contribution in [-0.4, -0.2) is 42.7 Å². The minimum Gasteiger partial charge on any atom is -0.355 e. The maximum atomic E-state index is 11.8. The molecular formula is C18H27BrN2OS. The van der Waals surface area contributed by atoms with E-state index in [9.17, 15) is 4.79 Å². The Hall–Kier alpha value is -0.520. The number of benzene rings is 1. The van der Waals surface area contributed by atoms with E-state index in [1.54, 1.807) is 11.8 Å². The van der Waals surface area contributed by atoms with E-state index >= 15 is 0 Å². The molecule has 1 aliphatic rings. The van der Waals surface area contributed by atoms with Crippen molar-refractivity contribution in [3.05, 3.63) is 34.3 Å². The van der Waals surface area contributed by atoms with Crippen molar-refractivity contribution in [1.29, 1.82) is 0 Å². The molecule has 1 amide bonds. The first kappa shape index (κ1) is 18.8. The van der Waals surface area contributed by atoms with Crippen LogP contribution in [0.1, 0.15) is 37.7 Å². The van der Waals surface area contributed by atoms with E-state index in [4.69, 9.17) is 0 Å². The molecule has 0 unspecified atom stereocenters. The number of thioether (sulfide) groups is 1. The zero-order valence-corrected chi connectivity index (χ0v) is 16.1. The zero-order valence-electron chi connectivity index (χ0n) is 13.7. The summed E-state index contributed by atoms with van der Waals surface area (Å²) in [5.41, 5.74) is 1.26. The number of likely N-dealkylation sites (tertiary alicyclic amines) is 1. The van der Waals surface area contributed by atoms with Crippen LogP contribution >= 0.6 is 27.7 Å². The van der Waals surface area contributed by atoms with E-state index in [1.165, 1.54) is 44.3 Å². The molecule has 128 valence electrons. The van der Waals surface area contributed by atoms with Gasteiger partial charge in [-0.1, -0.05) is 40.9 Å². The molecule has 0 spiro atoms. The lowest BCUT2D eigenvalue weighted by Crippen LogP contribution is -2.31. The molecule has 2 rings (SSSR count). The van der Waals surface area contributed by atoms with Gasteiger partial charge in [-0.25, -0.2) is 0 Å². The average Bonchev–Trinajstić information content (AvgIpc) is 2.82. The second-order valence-corrected chi connectivity index (χ2v) is 7.98. The fraction of sp³-hybridized carbons (Fsp3) is 0.611. The standard InChI is InChI=1S/C18H27BrN2OS/c19-17-8-6-16(7-9-17)14-23-15-18(22)20-10-5-13-21-11-3-1-2-4-12-21/h6-9H,1-5,10-15H2,(H,20,22). The van der Waals surface area contributed by atoms with Crippen LogP contribution in [-0.2, 0) is 10.5 Å². The highest BCUT2D eigenvalue weighted by Gasteiger charge is 2.08. The fourth-order valence-corrected chi connectivity index (χ4v) is 3.87. The van der Waals surface area contributed by atoms with Gasteiger partial charge in [0.15, 0.2) is 0 Å². The second-order valence-electron chi connectivity index (χ2n) is 6.08. The summed E-state index contributed by atoms with van der Waals surface area (Å²) in [5.74, 6) is 1.58. The molecule has 3 nitrogen and oxygen atoms in total. The van der Waals surface area contributed by atoms with Gasteiger partial charge in [0.25, 0.3) is 0 Å². The van der Waals surface area contributed by atoms with Gasteiger partial charge < -0.3 is 10.2 Å². The van der Waals surface area contributed by atoms with Gasteiger partial charge in [-0.3, -0.25) is 4.79 Å².